The maximum atomic E-state index is 4.92. The van der Waals surface area contributed by atoms with E-state index in [2.05, 4.69) is 91.0 Å². The largest absolute Gasteiger partial charge is 0.255 e. The van der Waals surface area contributed by atoms with E-state index in [0.717, 1.165) is 27.9 Å². The molecule has 10 aromatic rings. The van der Waals surface area contributed by atoms with Gasteiger partial charge in [-0.15, -0.1) is 11.3 Å². The van der Waals surface area contributed by atoms with Crippen LogP contribution in [0.4, 0.5) is 0 Å². The van der Waals surface area contributed by atoms with Crippen molar-refractivity contribution in [1.82, 2.24) is 19.9 Å². The van der Waals surface area contributed by atoms with E-state index in [-0.39, 0.29) is 0 Å². The summed E-state index contributed by atoms with van der Waals surface area (Å²) in [4.78, 5) is 19.5. The molecule has 0 saturated heterocycles. The Morgan fingerprint density at radius 2 is 0.959 bits per heavy atom. The summed E-state index contributed by atoms with van der Waals surface area (Å²) in [6, 6.07) is 53.2. The Morgan fingerprint density at radius 1 is 0.367 bits per heavy atom. The zero-order valence-electron chi connectivity index (χ0n) is 26.2. The maximum Gasteiger partial charge on any atom is 0.165 e. The van der Waals surface area contributed by atoms with Crippen molar-refractivity contribution in [1.29, 1.82) is 0 Å². The van der Waals surface area contributed by atoms with Crippen LogP contribution in [0, 0.1) is 0 Å². The first-order valence-electron chi connectivity index (χ1n) is 16.3. The Labute approximate surface area is 286 Å². The lowest BCUT2D eigenvalue weighted by Crippen LogP contribution is -2.00. The van der Waals surface area contributed by atoms with Crippen LogP contribution in [-0.2, 0) is 0 Å². The van der Waals surface area contributed by atoms with Crippen LogP contribution in [0.5, 0.6) is 0 Å². The average molecular weight is 643 g/mol. The Morgan fingerprint density at radius 3 is 1.65 bits per heavy atom. The van der Waals surface area contributed by atoms with Crippen molar-refractivity contribution in [3.05, 3.63) is 158 Å². The first kappa shape index (κ1) is 27.8. The van der Waals surface area contributed by atoms with Gasteiger partial charge in [0.05, 0.1) is 5.69 Å². The standard InChI is InChI=1S/C44H26N4S/c1-3-9-29(10-4-1)42-46-43(30-11-5-2-6-12-30)48-44(47-42)33-20-23-36(45-26-33)32-19-22-34-31(25-32)18-17-27-15-16-28-21-24-38-41(40(28)39(27)34)35-13-7-8-14-37(35)49-38/h1-26H. The van der Waals surface area contributed by atoms with Gasteiger partial charge in [0.2, 0.25) is 0 Å². The highest BCUT2D eigenvalue weighted by Crippen LogP contribution is 2.43. The third-order valence-corrected chi connectivity index (χ3v) is 10.5. The number of hydrogen-bond donors (Lipinski definition) is 0. The average Bonchev–Trinajstić information content (AvgIpc) is 3.57. The van der Waals surface area contributed by atoms with Gasteiger partial charge in [0.15, 0.2) is 17.5 Å². The lowest BCUT2D eigenvalue weighted by molar-refractivity contribution is 1.07. The summed E-state index contributed by atoms with van der Waals surface area (Å²) in [7, 11) is 0. The molecule has 0 aliphatic carbocycles. The van der Waals surface area contributed by atoms with Gasteiger partial charge >= 0.3 is 0 Å². The number of nitrogens with zero attached hydrogens (tertiary/aromatic N) is 4. The van der Waals surface area contributed by atoms with Crippen molar-refractivity contribution in [2.24, 2.45) is 0 Å². The Kier molecular flexibility index (Phi) is 6.32. The topological polar surface area (TPSA) is 51.6 Å². The number of fused-ring (bicyclic) bond motifs is 9. The highest BCUT2D eigenvalue weighted by atomic mass is 32.1. The lowest BCUT2D eigenvalue weighted by atomic mass is 9.93. The van der Waals surface area contributed by atoms with Gasteiger partial charge in [-0.3, -0.25) is 4.98 Å². The van der Waals surface area contributed by atoms with Crippen molar-refractivity contribution >= 4 is 63.8 Å². The summed E-state index contributed by atoms with van der Waals surface area (Å²) in [6.07, 6.45) is 1.87. The fraction of sp³-hybridized carbons (Fsp3) is 0. The van der Waals surface area contributed by atoms with Crippen LogP contribution >= 0.6 is 11.3 Å². The molecule has 10 rings (SSSR count). The third-order valence-electron chi connectivity index (χ3n) is 9.34. The Hall–Kier alpha value is -6.30. The molecule has 0 radical (unpaired) electrons. The molecule has 228 valence electrons. The number of rotatable bonds is 4. The van der Waals surface area contributed by atoms with Crippen LogP contribution in [0.1, 0.15) is 0 Å². The quantitative estimate of drug-likeness (QED) is 0.179. The minimum atomic E-state index is 0.593. The van der Waals surface area contributed by atoms with Crippen LogP contribution in [0.2, 0.25) is 0 Å². The third kappa shape index (κ3) is 4.66. The molecule has 0 bridgehead atoms. The zero-order valence-corrected chi connectivity index (χ0v) is 27.0. The fourth-order valence-corrected chi connectivity index (χ4v) is 8.09. The van der Waals surface area contributed by atoms with E-state index in [1.54, 1.807) is 0 Å². The van der Waals surface area contributed by atoms with Crippen LogP contribution < -0.4 is 0 Å². The summed E-state index contributed by atoms with van der Waals surface area (Å²) in [5.41, 5.74) is 4.69. The molecule has 49 heavy (non-hydrogen) atoms. The minimum absolute atomic E-state index is 0.593. The molecular formula is C44H26N4S. The van der Waals surface area contributed by atoms with Gasteiger partial charge < -0.3 is 0 Å². The first-order valence-corrected chi connectivity index (χ1v) is 17.1. The van der Waals surface area contributed by atoms with E-state index in [4.69, 9.17) is 19.9 Å². The van der Waals surface area contributed by atoms with Gasteiger partial charge in [0.1, 0.15) is 0 Å². The molecule has 0 fully saturated rings. The minimum Gasteiger partial charge on any atom is -0.255 e. The normalized spacial score (nSPS) is 11.7. The van der Waals surface area contributed by atoms with E-state index in [9.17, 15) is 0 Å². The lowest BCUT2D eigenvalue weighted by Gasteiger charge is -2.11. The summed E-state index contributed by atoms with van der Waals surface area (Å²) in [6.45, 7) is 0. The second-order valence-corrected chi connectivity index (χ2v) is 13.4. The van der Waals surface area contributed by atoms with Gasteiger partial charge in [-0.2, -0.15) is 0 Å². The van der Waals surface area contributed by atoms with E-state index < -0.39 is 0 Å². The van der Waals surface area contributed by atoms with Crippen molar-refractivity contribution in [2.45, 2.75) is 0 Å². The summed E-state index contributed by atoms with van der Waals surface area (Å²) >= 11 is 1.87. The maximum absolute atomic E-state index is 4.92. The van der Waals surface area contributed by atoms with Gasteiger partial charge in [-0.1, -0.05) is 121 Å². The number of benzene rings is 7. The summed E-state index contributed by atoms with van der Waals surface area (Å²) in [5.74, 6) is 1.86. The van der Waals surface area contributed by atoms with Gasteiger partial charge in [-0.25, -0.2) is 15.0 Å². The highest BCUT2D eigenvalue weighted by Gasteiger charge is 2.15. The second-order valence-electron chi connectivity index (χ2n) is 12.3. The zero-order chi connectivity index (χ0) is 32.3. The smallest absolute Gasteiger partial charge is 0.165 e. The first-order chi connectivity index (χ1) is 24.3. The van der Waals surface area contributed by atoms with Crippen LogP contribution in [0.25, 0.3) is 97.9 Å². The molecule has 0 amide bonds. The van der Waals surface area contributed by atoms with Crippen molar-refractivity contribution in [2.75, 3.05) is 0 Å². The monoisotopic (exact) mass is 642 g/mol. The van der Waals surface area contributed by atoms with Crippen molar-refractivity contribution in [3.63, 3.8) is 0 Å². The summed E-state index contributed by atoms with van der Waals surface area (Å²) < 4.78 is 2.65. The van der Waals surface area contributed by atoms with Crippen LogP contribution in [0.15, 0.2) is 158 Å². The van der Waals surface area contributed by atoms with E-state index in [1.165, 1.54) is 52.5 Å². The van der Waals surface area contributed by atoms with Crippen LogP contribution in [-0.4, -0.2) is 19.9 Å². The van der Waals surface area contributed by atoms with Crippen molar-refractivity contribution < 1.29 is 0 Å². The molecule has 0 aliphatic heterocycles. The predicted molar refractivity (Wildman–Crippen MR) is 205 cm³/mol. The fourth-order valence-electron chi connectivity index (χ4n) is 6.98. The SMILES string of the molecule is c1ccc(-c2nc(-c3ccccc3)nc(-c3ccc(-c4ccc5c(ccc6ccc7ccc8sc9ccccc9c8c7c65)c4)nc3)n2)cc1. The molecule has 4 nitrogen and oxygen atoms in total. The molecule has 0 atom stereocenters. The van der Waals surface area contributed by atoms with E-state index in [0.29, 0.717) is 17.5 Å². The molecule has 0 unspecified atom stereocenters. The van der Waals surface area contributed by atoms with Crippen LogP contribution in [0.3, 0.4) is 0 Å². The molecular weight excluding hydrogens is 617 g/mol. The predicted octanol–water partition coefficient (Wildman–Crippen LogP) is 11.8. The molecule has 0 N–H and O–H groups in total. The molecule has 0 spiro atoms. The molecule has 5 heteroatoms. The van der Waals surface area contributed by atoms with Gasteiger partial charge in [-0.05, 0) is 62.6 Å². The van der Waals surface area contributed by atoms with E-state index >= 15 is 0 Å². The molecule has 3 aromatic heterocycles. The number of aromatic nitrogens is 4. The number of thiophene rings is 1. The second kappa shape index (κ2) is 11.2. The van der Waals surface area contributed by atoms with Gasteiger partial charge in [0, 0.05) is 48.6 Å². The Bertz CT molecular complexity index is 2800. The molecule has 0 saturated carbocycles. The molecule has 0 aliphatic rings. The Balaban J connectivity index is 1.08. The summed E-state index contributed by atoms with van der Waals surface area (Å²) in [5, 5.41) is 10.3. The number of hydrogen-bond acceptors (Lipinski definition) is 5. The van der Waals surface area contributed by atoms with E-state index in [1.807, 2.05) is 78.2 Å². The molecule has 3 heterocycles. The number of pyridine rings is 1. The highest BCUT2D eigenvalue weighted by molar-refractivity contribution is 7.26. The van der Waals surface area contributed by atoms with Crippen molar-refractivity contribution in [3.8, 4) is 45.4 Å². The van der Waals surface area contributed by atoms with Gasteiger partial charge in [0.25, 0.3) is 0 Å². The molecule has 7 aromatic carbocycles.